The zero-order valence-corrected chi connectivity index (χ0v) is 14.7. The first-order chi connectivity index (χ1) is 12.7. The maximum Gasteiger partial charge on any atom is 0.229 e. The highest BCUT2D eigenvalue weighted by atomic mass is 16.3. The topological polar surface area (TPSA) is 57.8 Å². The Labute approximate surface area is 152 Å². The fourth-order valence-corrected chi connectivity index (χ4v) is 4.03. The Morgan fingerprint density at radius 1 is 1.15 bits per heavy atom. The highest BCUT2D eigenvalue weighted by molar-refractivity contribution is 5.79. The zero-order chi connectivity index (χ0) is 18.0. The minimum atomic E-state index is -0.502. The molecule has 1 aliphatic heterocycles. The van der Waals surface area contributed by atoms with Crippen LogP contribution in [0.15, 0.2) is 60.9 Å². The Balaban J connectivity index is 1.55. The zero-order valence-electron chi connectivity index (χ0n) is 14.7. The largest absolute Gasteiger partial charge is 0.394 e. The van der Waals surface area contributed by atoms with Crippen molar-refractivity contribution >= 4 is 11.6 Å². The van der Waals surface area contributed by atoms with E-state index in [1.165, 1.54) is 0 Å². The highest BCUT2D eigenvalue weighted by Crippen LogP contribution is 2.33. The van der Waals surface area contributed by atoms with Gasteiger partial charge in [0.15, 0.2) is 0 Å². The second kappa shape index (κ2) is 6.92. The van der Waals surface area contributed by atoms with Crippen molar-refractivity contribution in [2.75, 3.05) is 13.2 Å². The lowest BCUT2D eigenvalue weighted by Gasteiger charge is -2.37. The van der Waals surface area contributed by atoms with Gasteiger partial charge in [0.25, 0.3) is 0 Å². The Hall–Kier alpha value is -2.66. The molecule has 1 N–H and O–H groups in total. The monoisotopic (exact) mass is 349 g/mol. The third-order valence-electron chi connectivity index (χ3n) is 5.31. The van der Waals surface area contributed by atoms with Crippen LogP contribution in [0, 0.1) is 0 Å². The molecule has 3 heterocycles. The number of pyridine rings is 1. The maximum absolute atomic E-state index is 13.0. The van der Waals surface area contributed by atoms with Gasteiger partial charge in [0.05, 0.1) is 24.3 Å². The van der Waals surface area contributed by atoms with Crippen LogP contribution in [0.1, 0.15) is 24.1 Å². The van der Waals surface area contributed by atoms with E-state index in [1.54, 1.807) is 0 Å². The SMILES string of the molecule is O=C(Cc1cn2ccccc2n1)N1CCCC1(CO)Cc1ccccc1. The minimum Gasteiger partial charge on any atom is -0.394 e. The predicted molar refractivity (Wildman–Crippen MR) is 99.8 cm³/mol. The van der Waals surface area contributed by atoms with Gasteiger partial charge in [-0.25, -0.2) is 4.98 Å². The number of aromatic nitrogens is 2. The number of rotatable bonds is 5. The van der Waals surface area contributed by atoms with Crippen LogP contribution in [-0.4, -0.2) is 44.0 Å². The molecule has 1 unspecified atom stereocenters. The summed E-state index contributed by atoms with van der Waals surface area (Å²) in [6, 6.07) is 15.9. The van der Waals surface area contributed by atoms with E-state index in [4.69, 9.17) is 0 Å². The number of amides is 1. The summed E-state index contributed by atoms with van der Waals surface area (Å²) < 4.78 is 1.93. The van der Waals surface area contributed by atoms with Gasteiger partial charge >= 0.3 is 0 Å². The Morgan fingerprint density at radius 3 is 2.73 bits per heavy atom. The number of fused-ring (bicyclic) bond motifs is 1. The second-order valence-electron chi connectivity index (χ2n) is 7.07. The summed E-state index contributed by atoms with van der Waals surface area (Å²) in [5.74, 6) is 0.0379. The second-order valence-corrected chi connectivity index (χ2v) is 7.07. The third kappa shape index (κ3) is 3.10. The molecule has 0 radical (unpaired) electrons. The molecular weight excluding hydrogens is 326 g/mol. The van der Waals surface area contributed by atoms with Crippen LogP contribution in [0.3, 0.4) is 0 Å². The molecule has 5 nitrogen and oxygen atoms in total. The normalized spacial score (nSPS) is 20.0. The van der Waals surface area contributed by atoms with Crippen molar-refractivity contribution in [2.24, 2.45) is 0 Å². The predicted octanol–water partition coefficient (Wildman–Crippen LogP) is 2.47. The molecule has 1 amide bonds. The first-order valence-electron chi connectivity index (χ1n) is 9.08. The van der Waals surface area contributed by atoms with Gasteiger partial charge in [-0.1, -0.05) is 36.4 Å². The van der Waals surface area contributed by atoms with Crippen molar-refractivity contribution in [3.63, 3.8) is 0 Å². The number of aliphatic hydroxyl groups is 1. The van der Waals surface area contributed by atoms with Gasteiger partial charge in [0, 0.05) is 18.9 Å². The van der Waals surface area contributed by atoms with Crippen molar-refractivity contribution in [2.45, 2.75) is 31.2 Å². The first kappa shape index (κ1) is 16.8. The summed E-state index contributed by atoms with van der Waals surface area (Å²) in [6.07, 6.45) is 6.53. The van der Waals surface area contributed by atoms with E-state index in [0.717, 1.165) is 29.7 Å². The van der Waals surface area contributed by atoms with E-state index in [-0.39, 0.29) is 18.9 Å². The smallest absolute Gasteiger partial charge is 0.229 e. The summed E-state index contributed by atoms with van der Waals surface area (Å²) in [5.41, 5.74) is 2.25. The molecule has 1 saturated heterocycles. The molecule has 0 aliphatic carbocycles. The van der Waals surface area contributed by atoms with E-state index in [1.807, 2.05) is 58.1 Å². The summed E-state index contributed by atoms with van der Waals surface area (Å²) in [5, 5.41) is 10.2. The van der Waals surface area contributed by atoms with E-state index < -0.39 is 5.54 Å². The number of carbonyl (C=O) groups is 1. The van der Waals surface area contributed by atoms with Gasteiger partial charge in [-0.05, 0) is 37.0 Å². The Bertz CT molecular complexity index is 873. The van der Waals surface area contributed by atoms with Crippen molar-refractivity contribution in [1.29, 1.82) is 0 Å². The fourth-order valence-electron chi connectivity index (χ4n) is 4.03. The number of nitrogens with zero attached hydrogens (tertiary/aromatic N) is 3. The average molecular weight is 349 g/mol. The van der Waals surface area contributed by atoms with Gasteiger partial charge in [-0.15, -0.1) is 0 Å². The molecule has 4 rings (SSSR count). The molecule has 2 aromatic heterocycles. The van der Waals surface area contributed by atoms with Crippen molar-refractivity contribution < 1.29 is 9.90 Å². The summed E-state index contributed by atoms with van der Waals surface area (Å²) >= 11 is 0. The molecule has 26 heavy (non-hydrogen) atoms. The van der Waals surface area contributed by atoms with E-state index >= 15 is 0 Å². The lowest BCUT2D eigenvalue weighted by atomic mass is 9.88. The van der Waals surface area contributed by atoms with Crippen LogP contribution >= 0.6 is 0 Å². The van der Waals surface area contributed by atoms with Crippen LogP contribution in [0.4, 0.5) is 0 Å². The van der Waals surface area contributed by atoms with Gasteiger partial charge in [-0.2, -0.15) is 0 Å². The van der Waals surface area contributed by atoms with Gasteiger partial charge in [0.2, 0.25) is 5.91 Å². The van der Waals surface area contributed by atoms with Crippen LogP contribution in [-0.2, 0) is 17.6 Å². The van der Waals surface area contributed by atoms with Crippen LogP contribution in [0.5, 0.6) is 0 Å². The molecule has 1 aliphatic rings. The average Bonchev–Trinajstić information content (AvgIpc) is 3.26. The number of carbonyl (C=O) groups excluding carboxylic acids is 1. The molecule has 0 bridgehead atoms. The van der Waals surface area contributed by atoms with Gasteiger partial charge < -0.3 is 14.4 Å². The molecule has 5 heteroatoms. The molecule has 134 valence electrons. The van der Waals surface area contributed by atoms with Gasteiger partial charge in [0.1, 0.15) is 5.65 Å². The molecular formula is C21H23N3O2. The number of likely N-dealkylation sites (tertiary alicyclic amines) is 1. The summed E-state index contributed by atoms with van der Waals surface area (Å²) in [6.45, 7) is 0.679. The molecule has 0 spiro atoms. The molecule has 1 aromatic carbocycles. The quantitative estimate of drug-likeness (QED) is 0.770. The van der Waals surface area contributed by atoms with Gasteiger partial charge in [-0.3, -0.25) is 4.79 Å². The standard InChI is InChI=1S/C21H23N3O2/c25-16-21(14-17-7-2-1-3-8-17)10-6-12-24(21)20(26)13-18-15-23-11-5-4-9-19(23)22-18/h1-5,7-9,11,15,25H,6,10,12-14,16H2. The molecule has 1 fully saturated rings. The lowest BCUT2D eigenvalue weighted by Crippen LogP contribution is -2.52. The third-order valence-corrected chi connectivity index (χ3v) is 5.31. The number of hydrogen-bond acceptors (Lipinski definition) is 3. The van der Waals surface area contributed by atoms with E-state index in [9.17, 15) is 9.90 Å². The summed E-state index contributed by atoms with van der Waals surface area (Å²) in [7, 11) is 0. The van der Waals surface area contributed by atoms with Crippen LogP contribution in [0.2, 0.25) is 0 Å². The molecule has 1 atom stereocenters. The van der Waals surface area contributed by atoms with E-state index in [0.29, 0.717) is 13.0 Å². The Morgan fingerprint density at radius 2 is 1.96 bits per heavy atom. The first-order valence-corrected chi connectivity index (χ1v) is 9.08. The van der Waals surface area contributed by atoms with Crippen molar-refractivity contribution in [1.82, 2.24) is 14.3 Å². The van der Waals surface area contributed by atoms with Crippen molar-refractivity contribution in [3.05, 3.63) is 72.2 Å². The fraction of sp³-hybridized carbons (Fsp3) is 0.333. The Kier molecular flexibility index (Phi) is 4.47. The maximum atomic E-state index is 13.0. The van der Waals surface area contributed by atoms with E-state index in [2.05, 4.69) is 17.1 Å². The number of aliphatic hydroxyl groups excluding tert-OH is 1. The van der Waals surface area contributed by atoms with Crippen LogP contribution in [0.25, 0.3) is 5.65 Å². The van der Waals surface area contributed by atoms with Crippen molar-refractivity contribution in [3.8, 4) is 0 Å². The minimum absolute atomic E-state index is 0.0151. The molecule has 0 saturated carbocycles. The van der Waals surface area contributed by atoms with Crippen LogP contribution < -0.4 is 0 Å². The lowest BCUT2D eigenvalue weighted by molar-refractivity contribution is -0.136. The number of imidazole rings is 1. The summed E-state index contributed by atoms with van der Waals surface area (Å²) in [4.78, 5) is 19.4. The molecule has 3 aromatic rings. The number of benzene rings is 1. The number of hydrogen-bond donors (Lipinski definition) is 1. The highest BCUT2D eigenvalue weighted by Gasteiger charge is 2.43.